The molecule has 0 spiro atoms. The molecule has 0 bridgehead atoms. The third kappa shape index (κ3) is 3.54. The Hall–Kier alpha value is -3.20. The van der Waals surface area contributed by atoms with Crippen LogP contribution in [0.25, 0.3) is 10.9 Å². The Morgan fingerprint density at radius 1 is 1.41 bits per heavy atom. The number of nitrogens with one attached hydrogen (secondary N) is 1. The molecule has 1 amide bonds. The molecular formula is C18H20N6O3. The van der Waals surface area contributed by atoms with Crippen molar-refractivity contribution < 1.29 is 14.3 Å². The summed E-state index contributed by atoms with van der Waals surface area (Å²) in [5, 5.41) is 8.11. The summed E-state index contributed by atoms with van der Waals surface area (Å²) < 4.78 is 13.0. The summed E-state index contributed by atoms with van der Waals surface area (Å²) in [4.78, 5) is 20.2. The van der Waals surface area contributed by atoms with E-state index in [2.05, 4.69) is 20.4 Å². The summed E-state index contributed by atoms with van der Waals surface area (Å²) >= 11 is 0. The Bertz CT molecular complexity index is 980. The van der Waals surface area contributed by atoms with Crippen molar-refractivity contribution in [2.24, 2.45) is 13.0 Å². The minimum atomic E-state index is -0.417. The molecule has 3 heterocycles. The smallest absolute Gasteiger partial charge is 0.278 e. The second-order valence-electron chi connectivity index (χ2n) is 6.45. The number of benzene rings is 1. The molecule has 3 aromatic rings. The molecule has 9 heteroatoms. The molecule has 1 atom stereocenters. The van der Waals surface area contributed by atoms with Crippen LogP contribution in [0.3, 0.4) is 0 Å². The summed E-state index contributed by atoms with van der Waals surface area (Å²) in [6.45, 7) is 2.10. The Labute approximate surface area is 155 Å². The molecule has 9 nitrogen and oxygen atoms in total. The molecular weight excluding hydrogens is 348 g/mol. The molecule has 1 fully saturated rings. The van der Waals surface area contributed by atoms with Gasteiger partial charge in [0.2, 0.25) is 5.88 Å². The number of amides is 1. The van der Waals surface area contributed by atoms with E-state index in [-0.39, 0.29) is 11.5 Å². The van der Waals surface area contributed by atoms with E-state index in [4.69, 9.17) is 15.2 Å². The lowest BCUT2D eigenvalue weighted by molar-refractivity contribution is 0.102. The number of carbonyl (C=O) groups is 1. The van der Waals surface area contributed by atoms with Crippen LogP contribution in [0.4, 0.5) is 11.5 Å². The van der Waals surface area contributed by atoms with E-state index in [0.717, 1.165) is 30.5 Å². The highest BCUT2D eigenvalue weighted by molar-refractivity contribution is 6.06. The zero-order chi connectivity index (χ0) is 18.8. The molecule has 0 aliphatic carbocycles. The minimum Gasteiger partial charge on any atom is -0.476 e. The number of ether oxygens (including phenoxy) is 2. The number of nitrogens with two attached hydrogens (primary N) is 1. The van der Waals surface area contributed by atoms with Crippen molar-refractivity contribution in [2.45, 2.75) is 6.42 Å². The highest BCUT2D eigenvalue weighted by atomic mass is 16.5. The number of nitrogens with zero attached hydrogens (tertiary/aromatic N) is 4. The monoisotopic (exact) mass is 368 g/mol. The van der Waals surface area contributed by atoms with Crippen LogP contribution in [0.2, 0.25) is 0 Å². The predicted octanol–water partition coefficient (Wildman–Crippen LogP) is 1.61. The topological polar surface area (TPSA) is 117 Å². The van der Waals surface area contributed by atoms with Crippen molar-refractivity contribution in [2.75, 3.05) is 30.9 Å². The van der Waals surface area contributed by atoms with Gasteiger partial charge in [-0.25, -0.2) is 9.97 Å². The van der Waals surface area contributed by atoms with Crippen molar-refractivity contribution in [1.29, 1.82) is 0 Å². The lowest BCUT2D eigenvalue weighted by Gasteiger charge is -2.08. The van der Waals surface area contributed by atoms with Crippen LogP contribution in [0.1, 0.15) is 16.9 Å². The molecule has 3 N–H and O–H groups in total. The molecule has 1 saturated heterocycles. The van der Waals surface area contributed by atoms with Gasteiger partial charge in [0.05, 0.1) is 24.1 Å². The number of rotatable bonds is 5. The van der Waals surface area contributed by atoms with Gasteiger partial charge in [0.25, 0.3) is 5.91 Å². The first kappa shape index (κ1) is 17.2. The van der Waals surface area contributed by atoms with Gasteiger partial charge in [0.1, 0.15) is 0 Å². The number of aromatic nitrogens is 4. The van der Waals surface area contributed by atoms with Crippen molar-refractivity contribution in [1.82, 2.24) is 19.7 Å². The normalized spacial score (nSPS) is 16.6. The fourth-order valence-electron chi connectivity index (χ4n) is 3.03. The van der Waals surface area contributed by atoms with Gasteiger partial charge in [0, 0.05) is 37.7 Å². The number of fused-ring (bicyclic) bond motifs is 1. The maximum absolute atomic E-state index is 12.4. The number of anilines is 2. The van der Waals surface area contributed by atoms with E-state index >= 15 is 0 Å². The zero-order valence-corrected chi connectivity index (χ0v) is 14.9. The Morgan fingerprint density at radius 2 is 2.26 bits per heavy atom. The van der Waals surface area contributed by atoms with Gasteiger partial charge < -0.3 is 20.5 Å². The average molecular weight is 368 g/mol. The number of hydrogen-bond acceptors (Lipinski definition) is 7. The van der Waals surface area contributed by atoms with Gasteiger partial charge in [-0.1, -0.05) is 0 Å². The van der Waals surface area contributed by atoms with Crippen LogP contribution in [0, 0.1) is 5.92 Å². The summed E-state index contributed by atoms with van der Waals surface area (Å²) in [7, 11) is 1.83. The fraction of sp³-hybridized carbons (Fsp3) is 0.333. The second kappa shape index (κ2) is 7.20. The average Bonchev–Trinajstić information content (AvgIpc) is 3.28. The minimum absolute atomic E-state index is 0.0863. The molecule has 0 radical (unpaired) electrons. The Morgan fingerprint density at radius 3 is 3.04 bits per heavy atom. The number of nitrogen functional groups attached to an aromatic ring is 1. The first-order valence-corrected chi connectivity index (χ1v) is 8.67. The lowest BCUT2D eigenvalue weighted by Crippen LogP contribution is -2.16. The van der Waals surface area contributed by atoms with Crippen LogP contribution in [-0.4, -0.2) is 45.5 Å². The van der Waals surface area contributed by atoms with Gasteiger partial charge in [-0.3, -0.25) is 9.48 Å². The second-order valence-corrected chi connectivity index (χ2v) is 6.45. The Kier molecular flexibility index (Phi) is 4.59. The van der Waals surface area contributed by atoms with Crippen LogP contribution in [0.5, 0.6) is 5.88 Å². The molecule has 27 heavy (non-hydrogen) atoms. The highest BCUT2D eigenvalue weighted by Gasteiger charge is 2.19. The number of aryl methyl sites for hydroxylation is 1. The summed E-state index contributed by atoms with van der Waals surface area (Å²) in [5.74, 6) is 0.650. The molecule has 1 aliphatic rings. The van der Waals surface area contributed by atoms with Gasteiger partial charge >= 0.3 is 0 Å². The van der Waals surface area contributed by atoms with E-state index in [9.17, 15) is 4.79 Å². The maximum Gasteiger partial charge on any atom is 0.278 e. The van der Waals surface area contributed by atoms with Gasteiger partial charge in [0.15, 0.2) is 11.5 Å². The van der Waals surface area contributed by atoms with Crippen molar-refractivity contribution in [3.8, 4) is 5.88 Å². The zero-order valence-electron chi connectivity index (χ0n) is 14.9. The van der Waals surface area contributed by atoms with Crippen LogP contribution in [-0.2, 0) is 11.8 Å². The molecule has 1 unspecified atom stereocenters. The fourth-order valence-corrected chi connectivity index (χ4v) is 3.03. The first-order valence-electron chi connectivity index (χ1n) is 8.67. The lowest BCUT2D eigenvalue weighted by atomic mass is 10.1. The van der Waals surface area contributed by atoms with E-state index in [0.29, 0.717) is 24.1 Å². The summed E-state index contributed by atoms with van der Waals surface area (Å²) in [6, 6.07) is 5.50. The van der Waals surface area contributed by atoms with Gasteiger partial charge in [-0.15, -0.1) is 5.10 Å². The van der Waals surface area contributed by atoms with Crippen molar-refractivity contribution in [3.63, 3.8) is 0 Å². The molecule has 140 valence electrons. The molecule has 1 aromatic carbocycles. The largest absolute Gasteiger partial charge is 0.476 e. The summed E-state index contributed by atoms with van der Waals surface area (Å²) in [6.07, 6.45) is 3.87. The third-order valence-corrected chi connectivity index (χ3v) is 4.50. The third-order valence-electron chi connectivity index (χ3n) is 4.50. The number of carbonyl (C=O) groups excluding carboxylic acids is 1. The van der Waals surface area contributed by atoms with Crippen molar-refractivity contribution in [3.05, 3.63) is 36.3 Å². The number of hydrogen-bond donors (Lipinski definition) is 2. The van der Waals surface area contributed by atoms with Crippen LogP contribution >= 0.6 is 0 Å². The maximum atomic E-state index is 12.4. The molecule has 1 aliphatic heterocycles. The molecule has 4 rings (SSSR count). The molecule has 2 aromatic heterocycles. The van der Waals surface area contributed by atoms with Crippen LogP contribution in [0.15, 0.2) is 30.6 Å². The van der Waals surface area contributed by atoms with Gasteiger partial charge in [-0.2, -0.15) is 0 Å². The SMILES string of the molecule is Cn1nc(OCC2CCOC2)c2ccc(NC(=O)c3nccnc3N)cc21. The summed E-state index contributed by atoms with van der Waals surface area (Å²) in [5.41, 5.74) is 7.25. The quantitative estimate of drug-likeness (QED) is 0.702. The van der Waals surface area contributed by atoms with E-state index in [1.54, 1.807) is 10.7 Å². The predicted molar refractivity (Wildman–Crippen MR) is 99.5 cm³/mol. The highest BCUT2D eigenvalue weighted by Crippen LogP contribution is 2.28. The van der Waals surface area contributed by atoms with E-state index in [1.165, 1.54) is 12.4 Å². The van der Waals surface area contributed by atoms with E-state index in [1.807, 2.05) is 19.2 Å². The first-order chi connectivity index (χ1) is 13.1. The molecule has 0 saturated carbocycles. The standard InChI is InChI=1S/C18H20N6O3/c1-24-14-8-12(22-17(25)15-16(19)21-6-5-20-15)2-3-13(14)18(23-24)27-10-11-4-7-26-9-11/h2-3,5-6,8,11H,4,7,9-10H2,1H3,(H2,19,21)(H,22,25). The van der Waals surface area contributed by atoms with Crippen LogP contribution < -0.4 is 15.8 Å². The van der Waals surface area contributed by atoms with Gasteiger partial charge in [-0.05, 0) is 24.6 Å². The van der Waals surface area contributed by atoms with Crippen molar-refractivity contribution >= 4 is 28.3 Å². The Balaban J connectivity index is 1.53. The van der Waals surface area contributed by atoms with E-state index < -0.39 is 5.91 Å².